The van der Waals surface area contributed by atoms with E-state index in [4.69, 9.17) is 0 Å². The number of aromatic nitrogens is 2. The fraction of sp³-hybridized carbons (Fsp3) is 0. The van der Waals surface area contributed by atoms with Crippen LogP contribution in [0.25, 0.3) is 158 Å². The topological polar surface area (TPSA) is 57.4 Å². The van der Waals surface area contributed by atoms with Gasteiger partial charge in [0.05, 0.1) is 63.4 Å². The number of nitriles is 2. The van der Waals surface area contributed by atoms with Crippen molar-refractivity contribution in [2.24, 2.45) is 0 Å². The molecule has 0 bridgehead atoms. The lowest BCUT2D eigenvalue weighted by Gasteiger charge is -2.26. The second-order valence-electron chi connectivity index (χ2n) is 19.6. The SMILES string of the molecule is N#Cc1c(-c2ccccc2)c(C#N)c(-n2c3c(ccc4c5ccccc5sc43)c3ccc4c5ccccc5sc4c32)c(-c2ccccc2)c1-n1c2c(ccc3c4ccccc4sc32)c2ccc3c4ccccc4sc3c21. The van der Waals surface area contributed by atoms with E-state index in [-0.39, 0.29) is 0 Å². The third-order valence-corrected chi connectivity index (χ3v) is 20.6. The highest BCUT2D eigenvalue weighted by Gasteiger charge is 2.34. The molecule has 0 amide bonds. The molecule has 6 aromatic heterocycles. The van der Waals surface area contributed by atoms with Gasteiger partial charge in [-0.15, -0.1) is 45.3 Å². The Morgan fingerprint density at radius 3 is 0.829 bits per heavy atom. The van der Waals surface area contributed by atoms with Crippen LogP contribution in [0.15, 0.2) is 206 Å². The fourth-order valence-electron chi connectivity index (χ4n) is 12.7. The molecule has 0 unspecified atom stereocenters. The van der Waals surface area contributed by atoms with Crippen LogP contribution in [0.2, 0.25) is 0 Å². The number of fused-ring (bicyclic) bond motifs is 22. The summed E-state index contributed by atoms with van der Waals surface area (Å²) in [6.07, 6.45) is 0. The molecule has 17 rings (SSSR count). The van der Waals surface area contributed by atoms with E-state index >= 15 is 0 Å². The third-order valence-electron chi connectivity index (χ3n) is 15.8. The maximum absolute atomic E-state index is 12.4. The van der Waals surface area contributed by atoms with Gasteiger partial charge in [0.25, 0.3) is 0 Å². The molecule has 0 fully saturated rings. The Morgan fingerprint density at radius 1 is 0.263 bits per heavy atom. The van der Waals surface area contributed by atoms with Gasteiger partial charge in [0.15, 0.2) is 0 Å². The largest absolute Gasteiger partial charge is 0.304 e. The number of hydrogen-bond donors (Lipinski definition) is 0. The zero-order chi connectivity index (χ0) is 49.9. The van der Waals surface area contributed by atoms with E-state index in [1.165, 1.54) is 61.9 Å². The first-order valence-corrected chi connectivity index (χ1v) is 28.5. The summed E-state index contributed by atoms with van der Waals surface area (Å²) in [5, 5.41) is 38.7. The maximum atomic E-state index is 12.4. The number of benzene rings is 11. The third kappa shape index (κ3) is 5.53. The summed E-state index contributed by atoms with van der Waals surface area (Å²) in [5.74, 6) is 0. The van der Waals surface area contributed by atoms with Gasteiger partial charge in [0, 0.05) is 94.6 Å². The first kappa shape index (κ1) is 42.3. The predicted molar refractivity (Wildman–Crippen MR) is 327 cm³/mol. The summed E-state index contributed by atoms with van der Waals surface area (Å²) in [7, 11) is 0. The molecule has 0 saturated heterocycles. The highest BCUT2D eigenvalue weighted by molar-refractivity contribution is 7.28. The van der Waals surface area contributed by atoms with Gasteiger partial charge < -0.3 is 9.13 Å². The van der Waals surface area contributed by atoms with Gasteiger partial charge in [-0.2, -0.15) is 10.5 Å². The van der Waals surface area contributed by atoms with Crippen molar-refractivity contribution < 1.29 is 0 Å². The molecule has 0 saturated carbocycles. The van der Waals surface area contributed by atoms with Crippen LogP contribution in [-0.2, 0) is 0 Å². The van der Waals surface area contributed by atoms with Crippen molar-refractivity contribution in [3.8, 4) is 45.8 Å². The summed E-state index contributed by atoms with van der Waals surface area (Å²) in [5.41, 5.74) is 9.70. The molecule has 0 aliphatic rings. The Labute approximate surface area is 449 Å². The Hall–Kier alpha value is -9.12. The van der Waals surface area contributed by atoms with Crippen LogP contribution in [0, 0.1) is 22.7 Å². The van der Waals surface area contributed by atoms with E-state index < -0.39 is 0 Å². The number of nitrogens with zero attached hydrogens (tertiary/aromatic N) is 4. The van der Waals surface area contributed by atoms with Crippen LogP contribution in [0.4, 0.5) is 0 Å². The van der Waals surface area contributed by atoms with E-state index in [2.05, 4.69) is 209 Å². The van der Waals surface area contributed by atoms with Crippen molar-refractivity contribution in [2.45, 2.75) is 0 Å². The molecular formula is C68H34N4S4. The molecule has 0 N–H and O–H groups in total. The van der Waals surface area contributed by atoms with Gasteiger partial charge in [0.1, 0.15) is 12.1 Å². The molecule has 0 spiro atoms. The van der Waals surface area contributed by atoms with E-state index in [1.807, 2.05) is 18.2 Å². The molecule has 76 heavy (non-hydrogen) atoms. The molecule has 350 valence electrons. The van der Waals surface area contributed by atoms with Crippen LogP contribution >= 0.6 is 45.3 Å². The van der Waals surface area contributed by atoms with Gasteiger partial charge in [0.2, 0.25) is 0 Å². The molecule has 4 nitrogen and oxygen atoms in total. The Kier molecular flexibility index (Phi) is 8.73. The minimum atomic E-state index is 0.445. The van der Waals surface area contributed by atoms with Crippen LogP contribution in [0.3, 0.4) is 0 Å². The molecule has 0 atom stereocenters. The highest BCUT2D eigenvalue weighted by Crippen LogP contribution is 2.55. The molecular weight excluding hydrogens is 1000 g/mol. The lowest BCUT2D eigenvalue weighted by atomic mass is 9.86. The summed E-state index contributed by atoms with van der Waals surface area (Å²) < 4.78 is 14.3. The zero-order valence-corrected chi connectivity index (χ0v) is 43.3. The van der Waals surface area contributed by atoms with E-state index in [9.17, 15) is 10.5 Å². The Balaban J connectivity index is 1.20. The standard InChI is InChI=1S/C68H34N4S4/c69-35-51-57(37-15-3-1-4-16-37)52(36-70)60(72-63-45(29-33-49-41-21-9-13-25-55(41)75-67(49)63)46-30-34-50-42-22-10-14-26-56(42)76-68(50)64(46)72)58(38-17-5-2-6-18-38)59(51)71-61-43(27-31-47-39-19-7-11-23-53(39)73-65(47)61)44-28-32-48-40-20-8-12-24-54(40)74-66(48)62(44)71/h1-34H. The van der Waals surface area contributed by atoms with E-state index in [0.717, 1.165) is 90.5 Å². The molecule has 6 heterocycles. The van der Waals surface area contributed by atoms with Crippen molar-refractivity contribution in [2.75, 3.05) is 0 Å². The lowest BCUT2D eigenvalue weighted by Crippen LogP contribution is -2.11. The quantitative estimate of drug-likeness (QED) is 0.176. The van der Waals surface area contributed by atoms with Gasteiger partial charge in [-0.05, 0) is 35.4 Å². The first-order chi connectivity index (χ1) is 37.7. The molecule has 8 heteroatoms. The second kappa shape index (κ2) is 15.7. The van der Waals surface area contributed by atoms with Crippen molar-refractivity contribution >= 4 is 170 Å². The summed E-state index contributed by atoms with van der Waals surface area (Å²) >= 11 is 7.23. The smallest absolute Gasteiger partial charge is 0.102 e. The average Bonchev–Trinajstić information content (AvgIpc) is 4.41. The van der Waals surface area contributed by atoms with Crippen LogP contribution in [0.1, 0.15) is 11.1 Å². The van der Waals surface area contributed by atoms with Gasteiger partial charge in [-0.1, -0.05) is 182 Å². The minimum absolute atomic E-state index is 0.445. The second-order valence-corrected chi connectivity index (χ2v) is 23.8. The molecule has 0 radical (unpaired) electrons. The normalized spacial score (nSPS) is 12.2. The van der Waals surface area contributed by atoms with Crippen LogP contribution in [0.5, 0.6) is 0 Å². The van der Waals surface area contributed by atoms with Crippen LogP contribution in [-0.4, -0.2) is 9.13 Å². The molecule has 11 aromatic carbocycles. The van der Waals surface area contributed by atoms with Gasteiger partial charge in [-0.25, -0.2) is 0 Å². The van der Waals surface area contributed by atoms with Crippen molar-refractivity contribution in [3.63, 3.8) is 0 Å². The summed E-state index contributed by atoms with van der Waals surface area (Å²) in [6, 6.07) is 79.7. The van der Waals surface area contributed by atoms with Crippen molar-refractivity contribution in [3.05, 3.63) is 217 Å². The zero-order valence-electron chi connectivity index (χ0n) is 40.1. The minimum Gasteiger partial charge on any atom is -0.304 e. The number of rotatable bonds is 4. The maximum Gasteiger partial charge on any atom is 0.102 e. The predicted octanol–water partition coefficient (Wildman–Crippen LogP) is 20.4. The fourth-order valence-corrected chi connectivity index (χ4v) is 17.6. The Morgan fingerprint density at radius 2 is 0.526 bits per heavy atom. The van der Waals surface area contributed by atoms with Gasteiger partial charge >= 0.3 is 0 Å². The van der Waals surface area contributed by atoms with Crippen LogP contribution < -0.4 is 0 Å². The van der Waals surface area contributed by atoms with E-state index in [1.54, 1.807) is 45.3 Å². The lowest BCUT2D eigenvalue weighted by molar-refractivity contribution is 1.13. The summed E-state index contributed by atoms with van der Waals surface area (Å²) in [4.78, 5) is 0. The molecule has 0 aliphatic carbocycles. The molecule has 0 aliphatic heterocycles. The summed E-state index contributed by atoms with van der Waals surface area (Å²) in [6.45, 7) is 0. The molecule has 17 aromatic rings. The monoisotopic (exact) mass is 1030 g/mol. The van der Waals surface area contributed by atoms with Crippen molar-refractivity contribution in [1.29, 1.82) is 10.5 Å². The van der Waals surface area contributed by atoms with Crippen molar-refractivity contribution in [1.82, 2.24) is 9.13 Å². The first-order valence-electron chi connectivity index (χ1n) is 25.2. The number of thiophene rings is 4. The van der Waals surface area contributed by atoms with E-state index in [0.29, 0.717) is 16.7 Å². The van der Waals surface area contributed by atoms with Gasteiger partial charge in [-0.3, -0.25) is 0 Å². The number of hydrogen-bond acceptors (Lipinski definition) is 6. The highest BCUT2D eigenvalue weighted by atomic mass is 32.1. The average molecular weight is 1040 g/mol. The Bertz CT molecular complexity index is 4940.